The fraction of sp³-hybridized carbons (Fsp3) is 0.636. The van der Waals surface area contributed by atoms with Crippen molar-refractivity contribution in [2.75, 3.05) is 33.3 Å². The van der Waals surface area contributed by atoms with Crippen molar-refractivity contribution in [3.63, 3.8) is 0 Å². The highest BCUT2D eigenvalue weighted by Crippen LogP contribution is 1.90. The summed E-state index contributed by atoms with van der Waals surface area (Å²) in [6.07, 6.45) is 1.93. The van der Waals surface area contributed by atoms with Crippen molar-refractivity contribution in [1.29, 1.82) is 0 Å². The smallest absolute Gasteiger partial charge is 0.307 e. The van der Waals surface area contributed by atoms with Gasteiger partial charge in [-0.25, -0.2) is 0 Å². The molecular formula is C11H20N2O3. The van der Waals surface area contributed by atoms with E-state index < -0.39 is 0 Å². The number of nitrogens with zero attached hydrogens (tertiary/aromatic N) is 1. The molecule has 0 bridgehead atoms. The SMILES string of the molecule is C=CCNC(=O)CN(C)CCC(=O)OCC. The Balaban J connectivity index is 3.64. The van der Waals surface area contributed by atoms with Crippen molar-refractivity contribution in [2.45, 2.75) is 13.3 Å². The monoisotopic (exact) mass is 228 g/mol. The van der Waals surface area contributed by atoms with Crippen LogP contribution in [0.5, 0.6) is 0 Å². The van der Waals surface area contributed by atoms with Gasteiger partial charge in [-0.3, -0.25) is 14.5 Å². The lowest BCUT2D eigenvalue weighted by Crippen LogP contribution is -2.36. The molecule has 0 radical (unpaired) electrons. The van der Waals surface area contributed by atoms with Crippen molar-refractivity contribution in [2.24, 2.45) is 0 Å². The minimum absolute atomic E-state index is 0.0775. The van der Waals surface area contributed by atoms with Gasteiger partial charge in [-0.15, -0.1) is 6.58 Å². The minimum atomic E-state index is -0.235. The molecule has 92 valence electrons. The second-order valence-electron chi connectivity index (χ2n) is 3.39. The third kappa shape index (κ3) is 7.99. The molecule has 0 aliphatic heterocycles. The lowest BCUT2D eigenvalue weighted by Gasteiger charge is -2.15. The number of likely N-dealkylation sites (N-methyl/N-ethyl adjacent to an activating group) is 1. The molecule has 0 aromatic carbocycles. The molecule has 0 aliphatic carbocycles. The van der Waals surface area contributed by atoms with E-state index in [0.717, 1.165) is 0 Å². The van der Waals surface area contributed by atoms with Crippen LogP contribution in [0.1, 0.15) is 13.3 Å². The first kappa shape index (κ1) is 14.6. The highest BCUT2D eigenvalue weighted by molar-refractivity contribution is 5.78. The van der Waals surface area contributed by atoms with Crippen LogP contribution in [0.2, 0.25) is 0 Å². The van der Waals surface area contributed by atoms with Gasteiger partial charge in [-0.05, 0) is 14.0 Å². The summed E-state index contributed by atoms with van der Waals surface area (Å²) in [5.74, 6) is -0.313. The van der Waals surface area contributed by atoms with Gasteiger partial charge < -0.3 is 10.1 Å². The lowest BCUT2D eigenvalue weighted by molar-refractivity contribution is -0.143. The van der Waals surface area contributed by atoms with Crippen LogP contribution >= 0.6 is 0 Å². The number of rotatable bonds is 8. The Bertz CT molecular complexity index is 241. The largest absolute Gasteiger partial charge is 0.466 e. The number of esters is 1. The van der Waals surface area contributed by atoms with Crippen molar-refractivity contribution in [3.05, 3.63) is 12.7 Å². The van der Waals surface area contributed by atoms with Crippen LogP contribution < -0.4 is 5.32 Å². The molecule has 0 aliphatic rings. The Labute approximate surface area is 96.4 Å². The number of hydrogen-bond acceptors (Lipinski definition) is 4. The predicted octanol–water partition coefficient (Wildman–Crippen LogP) is 0.174. The summed E-state index contributed by atoms with van der Waals surface area (Å²) < 4.78 is 4.78. The molecular weight excluding hydrogens is 208 g/mol. The van der Waals surface area contributed by atoms with Crippen LogP contribution in [-0.4, -0.2) is 50.1 Å². The number of amides is 1. The molecule has 5 nitrogen and oxygen atoms in total. The van der Waals surface area contributed by atoms with Gasteiger partial charge in [-0.2, -0.15) is 0 Å². The van der Waals surface area contributed by atoms with Gasteiger partial charge in [-0.1, -0.05) is 6.08 Å². The lowest BCUT2D eigenvalue weighted by atomic mass is 10.4. The zero-order valence-corrected chi connectivity index (χ0v) is 9.99. The maximum atomic E-state index is 11.3. The molecule has 0 fully saturated rings. The van der Waals surface area contributed by atoms with Crippen LogP contribution in [0.15, 0.2) is 12.7 Å². The molecule has 0 atom stereocenters. The third-order valence-electron chi connectivity index (χ3n) is 1.86. The second kappa shape index (κ2) is 8.91. The molecule has 1 N–H and O–H groups in total. The first-order chi connectivity index (χ1) is 7.60. The molecule has 0 aromatic rings. The Morgan fingerprint density at radius 2 is 2.19 bits per heavy atom. The van der Waals surface area contributed by atoms with Crippen molar-refractivity contribution >= 4 is 11.9 Å². The molecule has 5 heteroatoms. The molecule has 0 spiro atoms. The van der Waals surface area contributed by atoms with Gasteiger partial charge >= 0.3 is 5.97 Å². The summed E-state index contributed by atoms with van der Waals surface area (Å²) in [6.45, 7) is 6.91. The fourth-order valence-electron chi connectivity index (χ4n) is 1.08. The number of nitrogens with one attached hydrogen (secondary N) is 1. The van der Waals surface area contributed by atoms with Crippen LogP contribution in [-0.2, 0) is 14.3 Å². The van der Waals surface area contributed by atoms with Crippen molar-refractivity contribution in [1.82, 2.24) is 10.2 Å². The highest BCUT2D eigenvalue weighted by atomic mass is 16.5. The van der Waals surface area contributed by atoms with E-state index in [1.807, 2.05) is 0 Å². The average Bonchev–Trinajstić information content (AvgIpc) is 2.24. The highest BCUT2D eigenvalue weighted by Gasteiger charge is 2.08. The summed E-state index contributed by atoms with van der Waals surface area (Å²) in [5.41, 5.74) is 0. The molecule has 0 saturated carbocycles. The van der Waals surface area contributed by atoms with Crippen LogP contribution in [0.25, 0.3) is 0 Å². The molecule has 0 rings (SSSR count). The normalized spacial score (nSPS) is 9.94. The minimum Gasteiger partial charge on any atom is -0.466 e. The molecule has 16 heavy (non-hydrogen) atoms. The average molecular weight is 228 g/mol. The van der Waals surface area contributed by atoms with Gasteiger partial charge in [0.25, 0.3) is 0 Å². The number of carbonyl (C=O) groups is 2. The number of hydrogen-bond donors (Lipinski definition) is 1. The zero-order chi connectivity index (χ0) is 12.4. The maximum Gasteiger partial charge on any atom is 0.307 e. The Morgan fingerprint density at radius 1 is 1.50 bits per heavy atom. The van der Waals surface area contributed by atoms with E-state index in [2.05, 4.69) is 11.9 Å². The molecule has 0 aromatic heterocycles. The van der Waals surface area contributed by atoms with Crippen LogP contribution in [0.3, 0.4) is 0 Å². The van der Waals surface area contributed by atoms with Gasteiger partial charge in [0.05, 0.1) is 19.6 Å². The van der Waals surface area contributed by atoms with E-state index in [0.29, 0.717) is 26.1 Å². The Kier molecular flexibility index (Phi) is 8.15. The zero-order valence-electron chi connectivity index (χ0n) is 9.99. The topological polar surface area (TPSA) is 58.6 Å². The predicted molar refractivity (Wildman–Crippen MR) is 62.0 cm³/mol. The molecule has 0 unspecified atom stereocenters. The van der Waals surface area contributed by atoms with Gasteiger partial charge in [0.15, 0.2) is 0 Å². The van der Waals surface area contributed by atoms with E-state index in [1.54, 1.807) is 24.9 Å². The standard InChI is InChI=1S/C11H20N2O3/c1-4-7-12-10(14)9-13(3)8-6-11(15)16-5-2/h4H,1,5-9H2,2-3H3,(H,12,14). The summed E-state index contributed by atoms with van der Waals surface area (Å²) in [6, 6.07) is 0. The third-order valence-corrected chi connectivity index (χ3v) is 1.86. The van der Waals surface area contributed by atoms with E-state index in [-0.39, 0.29) is 18.4 Å². The molecule has 0 heterocycles. The van der Waals surface area contributed by atoms with E-state index in [4.69, 9.17) is 4.74 Å². The maximum absolute atomic E-state index is 11.3. The second-order valence-corrected chi connectivity index (χ2v) is 3.39. The number of carbonyl (C=O) groups excluding carboxylic acids is 2. The summed E-state index contributed by atoms with van der Waals surface area (Å²) in [4.78, 5) is 24.1. The Morgan fingerprint density at radius 3 is 2.75 bits per heavy atom. The van der Waals surface area contributed by atoms with Gasteiger partial charge in [0.1, 0.15) is 0 Å². The van der Waals surface area contributed by atoms with Crippen molar-refractivity contribution in [3.8, 4) is 0 Å². The molecule has 0 saturated heterocycles. The van der Waals surface area contributed by atoms with Crippen LogP contribution in [0.4, 0.5) is 0 Å². The first-order valence-electron chi connectivity index (χ1n) is 5.31. The molecule has 1 amide bonds. The van der Waals surface area contributed by atoms with Crippen LogP contribution in [0, 0.1) is 0 Å². The van der Waals surface area contributed by atoms with E-state index in [1.165, 1.54) is 0 Å². The van der Waals surface area contributed by atoms with Crippen molar-refractivity contribution < 1.29 is 14.3 Å². The quantitative estimate of drug-likeness (QED) is 0.475. The summed E-state index contributed by atoms with van der Waals surface area (Å²) in [7, 11) is 1.78. The van der Waals surface area contributed by atoms with E-state index in [9.17, 15) is 9.59 Å². The van der Waals surface area contributed by atoms with Gasteiger partial charge in [0, 0.05) is 13.1 Å². The summed E-state index contributed by atoms with van der Waals surface area (Å²) in [5, 5.41) is 2.66. The van der Waals surface area contributed by atoms with E-state index >= 15 is 0 Å². The van der Waals surface area contributed by atoms with Gasteiger partial charge in [0.2, 0.25) is 5.91 Å². The first-order valence-corrected chi connectivity index (χ1v) is 5.31. The fourth-order valence-corrected chi connectivity index (χ4v) is 1.08. The number of ether oxygens (including phenoxy) is 1. The Hall–Kier alpha value is -1.36. The summed E-state index contributed by atoms with van der Waals surface area (Å²) >= 11 is 0.